The van der Waals surface area contributed by atoms with Gasteiger partial charge in [-0.25, -0.2) is 0 Å². The van der Waals surface area contributed by atoms with Gasteiger partial charge >= 0.3 is 0 Å². The van der Waals surface area contributed by atoms with Gasteiger partial charge in [0.05, 0.1) is 5.56 Å². The number of carbonyl (C=O) groups is 1. The average Bonchev–Trinajstić information content (AvgIpc) is 2.82. The molecule has 4 heteroatoms. The lowest BCUT2D eigenvalue weighted by Crippen LogP contribution is -2.27. The van der Waals surface area contributed by atoms with Crippen LogP contribution in [0.4, 0.5) is 5.69 Å². The Bertz CT molecular complexity index is 364. The maximum atomic E-state index is 11.6. The average molecular weight is 191 g/mol. The van der Waals surface area contributed by atoms with Gasteiger partial charge in [0.1, 0.15) is 0 Å². The van der Waals surface area contributed by atoms with Crippen molar-refractivity contribution in [1.29, 1.82) is 0 Å². The van der Waals surface area contributed by atoms with Crippen LogP contribution in [0.15, 0.2) is 18.5 Å². The fourth-order valence-electron chi connectivity index (χ4n) is 1.36. The van der Waals surface area contributed by atoms with Crippen molar-refractivity contribution in [2.24, 2.45) is 5.92 Å². The van der Waals surface area contributed by atoms with E-state index in [1.807, 2.05) is 0 Å². The molecule has 0 radical (unpaired) electrons. The van der Waals surface area contributed by atoms with E-state index >= 15 is 0 Å². The number of nitrogens with one attached hydrogen (secondary N) is 1. The van der Waals surface area contributed by atoms with E-state index in [1.165, 1.54) is 6.20 Å². The number of rotatable bonds is 2. The number of hydrogen-bond acceptors (Lipinski definition) is 3. The first kappa shape index (κ1) is 8.99. The monoisotopic (exact) mass is 191 g/mol. The van der Waals surface area contributed by atoms with Gasteiger partial charge in [-0.15, -0.1) is 0 Å². The van der Waals surface area contributed by atoms with Crippen molar-refractivity contribution in [3.8, 4) is 0 Å². The molecule has 1 aromatic rings. The number of hydrogen-bond donors (Lipinski definition) is 2. The lowest BCUT2D eigenvalue weighted by Gasteiger charge is -2.05. The summed E-state index contributed by atoms with van der Waals surface area (Å²) in [4.78, 5) is 15.5. The summed E-state index contributed by atoms with van der Waals surface area (Å²) in [5.41, 5.74) is 6.59. The summed E-state index contributed by atoms with van der Waals surface area (Å²) in [5.74, 6) is 0.474. The molecule has 3 N–H and O–H groups in total. The van der Waals surface area contributed by atoms with Crippen LogP contribution in [0, 0.1) is 5.92 Å². The molecule has 1 aliphatic carbocycles. The molecule has 2 atom stereocenters. The van der Waals surface area contributed by atoms with E-state index in [4.69, 9.17) is 5.73 Å². The Labute approximate surface area is 82.5 Å². The quantitative estimate of drug-likeness (QED) is 0.726. The topological polar surface area (TPSA) is 68.0 Å². The molecule has 4 nitrogen and oxygen atoms in total. The summed E-state index contributed by atoms with van der Waals surface area (Å²) >= 11 is 0. The molecular weight excluding hydrogens is 178 g/mol. The smallest absolute Gasteiger partial charge is 0.255 e. The summed E-state index contributed by atoms with van der Waals surface area (Å²) in [6.45, 7) is 2.11. The van der Waals surface area contributed by atoms with E-state index in [-0.39, 0.29) is 5.91 Å². The van der Waals surface area contributed by atoms with Crippen molar-refractivity contribution in [2.45, 2.75) is 19.4 Å². The van der Waals surface area contributed by atoms with Gasteiger partial charge in [-0.2, -0.15) is 0 Å². The summed E-state index contributed by atoms with van der Waals surface area (Å²) in [7, 11) is 0. The van der Waals surface area contributed by atoms with Crippen LogP contribution < -0.4 is 11.1 Å². The van der Waals surface area contributed by atoms with Crippen LogP contribution in [-0.2, 0) is 0 Å². The van der Waals surface area contributed by atoms with E-state index in [9.17, 15) is 4.79 Å². The molecule has 74 valence electrons. The molecule has 0 aliphatic heterocycles. The first-order chi connectivity index (χ1) is 6.68. The van der Waals surface area contributed by atoms with Gasteiger partial charge in [0.25, 0.3) is 5.91 Å². The zero-order chi connectivity index (χ0) is 10.1. The highest BCUT2D eigenvalue weighted by Gasteiger charge is 2.34. The Morgan fingerprint density at radius 1 is 1.71 bits per heavy atom. The van der Waals surface area contributed by atoms with E-state index in [2.05, 4.69) is 17.2 Å². The summed E-state index contributed by atoms with van der Waals surface area (Å²) in [6.07, 6.45) is 4.13. The van der Waals surface area contributed by atoms with Crippen molar-refractivity contribution < 1.29 is 4.79 Å². The molecule has 1 aliphatic rings. The molecule has 1 aromatic heterocycles. The molecule has 2 unspecified atom stereocenters. The normalized spacial score (nSPS) is 24.4. The first-order valence-electron chi connectivity index (χ1n) is 4.69. The number of nitrogens with zero attached hydrogens (tertiary/aromatic N) is 1. The molecule has 0 aromatic carbocycles. The molecule has 0 spiro atoms. The Balaban J connectivity index is 2.07. The number of nitrogens with two attached hydrogens (primary N) is 1. The van der Waals surface area contributed by atoms with Gasteiger partial charge in [0, 0.05) is 24.1 Å². The molecule has 14 heavy (non-hydrogen) atoms. The van der Waals surface area contributed by atoms with Crippen molar-refractivity contribution in [1.82, 2.24) is 10.3 Å². The highest BCUT2D eigenvalue weighted by molar-refractivity contribution is 5.99. The maximum Gasteiger partial charge on any atom is 0.255 e. The highest BCUT2D eigenvalue weighted by atomic mass is 16.1. The lowest BCUT2D eigenvalue weighted by molar-refractivity contribution is 0.0950. The third kappa shape index (κ3) is 1.69. The van der Waals surface area contributed by atoms with Crippen molar-refractivity contribution >= 4 is 11.6 Å². The number of nitrogen functional groups attached to an aromatic ring is 1. The Morgan fingerprint density at radius 2 is 2.43 bits per heavy atom. The molecule has 1 saturated carbocycles. The number of carbonyl (C=O) groups excluding carboxylic acids is 1. The highest BCUT2D eigenvalue weighted by Crippen LogP contribution is 2.29. The van der Waals surface area contributed by atoms with Gasteiger partial charge in [-0.1, -0.05) is 6.92 Å². The third-order valence-corrected chi connectivity index (χ3v) is 2.53. The van der Waals surface area contributed by atoms with E-state index in [1.54, 1.807) is 12.3 Å². The molecule has 1 amide bonds. The van der Waals surface area contributed by atoms with Gasteiger partial charge < -0.3 is 11.1 Å². The van der Waals surface area contributed by atoms with E-state index in [0.717, 1.165) is 6.42 Å². The van der Waals surface area contributed by atoms with Gasteiger partial charge in [0.2, 0.25) is 0 Å². The van der Waals surface area contributed by atoms with Crippen LogP contribution >= 0.6 is 0 Å². The second kappa shape index (κ2) is 3.29. The Hall–Kier alpha value is -1.58. The van der Waals surface area contributed by atoms with Crippen LogP contribution in [0.3, 0.4) is 0 Å². The summed E-state index contributed by atoms with van der Waals surface area (Å²) in [6, 6.07) is 1.95. The molecule has 1 heterocycles. The lowest BCUT2D eigenvalue weighted by atomic mass is 10.2. The van der Waals surface area contributed by atoms with Crippen molar-refractivity contribution in [3.63, 3.8) is 0 Å². The zero-order valence-electron chi connectivity index (χ0n) is 8.03. The van der Waals surface area contributed by atoms with Crippen molar-refractivity contribution in [3.05, 3.63) is 24.0 Å². The van der Waals surface area contributed by atoms with Crippen LogP contribution in [0.2, 0.25) is 0 Å². The second-order valence-corrected chi connectivity index (χ2v) is 3.76. The van der Waals surface area contributed by atoms with E-state index < -0.39 is 0 Å². The molecule has 1 fully saturated rings. The standard InChI is InChI=1S/C10H13N3O/c1-6-4-9(6)13-10(14)7-5-12-3-2-8(7)11/h2-3,5-6,9H,4H2,1H3,(H2,11,12)(H,13,14). The number of amides is 1. The van der Waals surface area contributed by atoms with Crippen LogP contribution in [0.1, 0.15) is 23.7 Å². The Morgan fingerprint density at radius 3 is 3.00 bits per heavy atom. The number of pyridine rings is 1. The largest absolute Gasteiger partial charge is 0.398 e. The number of aromatic nitrogens is 1. The SMILES string of the molecule is CC1CC1NC(=O)c1cnccc1N. The molecule has 0 saturated heterocycles. The second-order valence-electron chi connectivity index (χ2n) is 3.76. The van der Waals surface area contributed by atoms with E-state index in [0.29, 0.717) is 23.2 Å². The van der Waals surface area contributed by atoms with Gasteiger partial charge in [-0.3, -0.25) is 9.78 Å². The summed E-state index contributed by atoms with van der Waals surface area (Å²) in [5, 5.41) is 2.90. The van der Waals surface area contributed by atoms with Crippen LogP contribution in [0.5, 0.6) is 0 Å². The minimum absolute atomic E-state index is 0.120. The maximum absolute atomic E-state index is 11.6. The Kier molecular flexibility index (Phi) is 2.11. The molecule has 0 bridgehead atoms. The van der Waals surface area contributed by atoms with Crippen LogP contribution in [-0.4, -0.2) is 16.9 Å². The fourth-order valence-corrected chi connectivity index (χ4v) is 1.36. The fraction of sp³-hybridized carbons (Fsp3) is 0.400. The molecule has 2 rings (SSSR count). The molecular formula is C10H13N3O. The third-order valence-electron chi connectivity index (χ3n) is 2.53. The van der Waals surface area contributed by atoms with Gasteiger partial charge in [-0.05, 0) is 18.4 Å². The van der Waals surface area contributed by atoms with Crippen molar-refractivity contribution in [2.75, 3.05) is 5.73 Å². The summed E-state index contributed by atoms with van der Waals surface area (Å²) < 4.78 is 0. The predicted octanol–water partition coefficient (Wildman–Crippen LogP) is 0.802. The van der Waals surface area contributed by atoms with Crippen LogP contribution in [0.25, 0.3) is 0 Å². The number of anilines is 1. The first-order valence-corrected chi connectivity index (χ1v) is 4.69. The zero-order valence-corrected chi connectivity index (χ0v) is 8.03. The predicted molar refractivity (Wildman–Crippen MR) is 53.7 cm³/mol. The minimum Gasteiger partial charge on any atom is -0.398 e. The van der Waals surface area contributed by atoms with Gasteiger partial charge in [0.15, 0.2) is 0 Å². The minimum atomic E-state index is -0.120.